The number of carbonyl (C=O) groups excluding carboxylic acids is 2. The standard InChI is InChI=1S/C30H34N4O10S/c35-17-21-15-31(11-9-25(21)37)29(39)7-3-19-1-5-27(23(13-19)33(41)42)45-28-6-2-20(14-24(28)34(43)44)4-8-30(40)32-12-10-26(38)22(16-32)18-36/h1-8,13-14,21-22,25-26,35-38H,9-12,15-18H2/b7-3+,8-4+. The smallest absolute Gasteiger partial charge is 0.283 e. The fraction of sp³-hybridized carbons (Fsp3) is 0.400. The summed E-state index contributed by atoms with van der Waals surface area (Å²) >= 11 is 0.838. The number of nitro groups is 2. The summed E-state index contributed by atoms with van der Waals surface area (Å²) in [5, 5.41) is 62.4. The van der Waals surface area contributed by atoms with Crippen molar-refractivity contribution in [2.45, 2.75) is 34.8 Å². The fourth-order valence-electron chi connectivity index (χ4n) is 5.20. The van der Waals surface area contributed by atoms with Crippen LogP contribution in [0.1, 0.15) is 24.0 Å². The molecule has 2 aromatic carbocycles. The average molecular weight is 643 g/mol. The molecule has 0 saturated carbocycles. The molecule has 4 atom stereocenters. The Balaban J connectivity index is 1.48. The van der Waals surface area contributed by atoms with Crippen LogP contribution in [0.2, 0.25) is 0 Å². The number of benzene rings is 2. The summed E-state index contributed by atoms with van der Waals surface area (Å²) in [6.45, 7) is 0.497. The van der Waals surface area contributed by atoms with Crippen LogP contribution in [-0.4, -0.2) is 103 Å². The van der Waals surface area contributed by atoms with Gasteiger partial charge in [-0.25, -0.2) is 0 Å². The second-order valence-corrected chi connectivity index (χ2v) is 12.0. The van der Waals surface area contributed by atoms with Gasteiger partial charge in [0, 0.05) is 62.3 Å². The Bertz CT molecular complexity index is 1390. The number of amides is 2. The van der Waals surface area contributed by atoms with Crippen molar-refractivity contribution in [1.82, 2.24) is 9.80 Å². The molecule has 4 N–H and O–H groups in total. The third-order valence-corrected chi connectivity index (χ3v) is 9.03. The molecule has 240 valence electrons. The summed E-state index contributed by atoms with van der Waals surface area (Å²) in [4.78, 5) is 51.1. The summed E-state index contributed by atoms with van der Waals surface area (Å²) in [7, 11) is 0. The van der Waals surface area contributed by atoms with Gasteiger partial charge in [-0.2, -0.15) is 0 Å². The van der Waals surface area contributed by atoms with Crippen LogP contribution in [-0.2, 0) is 9.59 Å². The number of hydrogen-bond acceptors (Lipinski definition) is 11. The predicted octanol–water partition coefficient (Wildman–Crippen LogP) is 2.08. The SMILES string of the molecule is O=C(/C=C/c1ccc(Sc2ccc(/C=C/C(=O)N3CCC(O)C(CO)C3)cc2[N+](=O)[O-])c([N+](=O)[O-])c1)N1CCC(O)C(CO)C1. The Morgan fingerprint density at radius 1 is 0.778 bits per heavy atom. The predicted molar refractivity (Wildman–Crippen MR) is 164 cm³/mol. The second kappa shape index (κ2) is 15.2. The monoisotopic (exact) mass is 642 g/mol. The third kappa shape index (κ3) is 8.52. The number of hydrogen-bond donors (Lipinski definition) is 4. The minimum absolute atomic E-state index is 0.145. The Morgan fingerprint density at radius 3 is 1.53 bits per heavy atom. The van der Waals surface area contributed by atoms with E-state index in [0.29, 0.717) is 37.1 Å². The first-order valence-corrected chi connectivity index (χ1v) is 15.1. The van der Waals surface area contributed by atoms with Crippen LogP contribution < -0.4 is 0 Å². The summed E-state index contributed by atoms with van der Waals surface area (Å²) in [5.41, 5.74) is 0.104. The summed E-state index contributed by atoms with van der Waals surface area (Å²) < 4.78 is 0. The molecule has 15 heteroatoms. The van der Waals surface area contributed by atoms with E-state index in [-0.39, 0.29) is 59.3 Å². The fourth-order valence-corrected chi connectivity index (χ4v) is 6.18. The van der Waals surface area contributed by atoms with Gasteiger partial charge in [-0.15, -0.1) is 0 Å². The molecule has 45 heavy (non-hydrogen) atoms. The molecule has 2 saturated heterocycles. The van der Waals surface area contributed by atoms with Gasteiger partial charge in [0.2, 0.25) is 11.8 Å². The third-order valence-electron chi connectivity index (χ3n) is 7.90. The van der Waals surface area contributed by atoms with E-state index in [9.17, 15) is 50.2 Å². The molecule has 2 aliphatic rings. The van der Waals surface area contributed by atoms with E-state index in [4.69, 9.17) is 0 Å². The first-order chi connectivity index (χ1) is 21.5. The maximum atomic E-state index is 12.6. The average Bonchev–Trinajstić information content (AvgIpc) is 3.03. The molecule has 0 spiro atoms. The molecule has 4 unspecified atom stereocenters. The van der Waals surface area contributed by atoms with E-state index in [0.717, 1.165) is 11.8 Å². The van der Waals surface area contributed by atoms with Gasteiger partial charge in [0.05, 0.1) is 45.1 Å². The lowest BCUT2D eigenvalue weighted by molar-refractivity contribution is -0.388. The molecule has 0 aliphatic carbocycles. The van der Waals surface area contributed by atoms with Gasteiger partial charge in [0.1, 0.15) is 0 Å². The highest BCUT2D eigenvalue weighted by molar-refractivity contribution is 7.99. The zero-order valence-corrected chi connectivity index (χ0v) is 25.0. The van der Waals surface area contributed by atoms with Gasteiger partial charge < -0.3 is 30.2 Å². The van der Waals surface area contributed by atoms with Crippen molar-refractivity contribution in [1.29, 1.82) is 0 Å². The number of aliphatic hydroxyl groups is 4. The Morgan fingerprint density at radius 2 is 1.18 bits per heavy atom. The first-order valence-electron chi connectivity index (χ1n) is 14.3. The zero-order chi connectivity index (χ0) is 32.7. The highest BCUT2D eigenvalue weighted by Crippen LogP contribution is 2.40. The largest absolute Gasteiger partial charge is 0.396 e. The number of rotatable bonds is 10. The van der Waals surface area contributed by atoms with Gasteiger partial charge in [0.25, 0.3) is 11.4 Å². The summed E-state index contributed by atoms with van der Waals surface area (Å²) in [5.74, 6) is -1.61. The zero-order valence-electron chi connectivity index (χ0n) is 24.2. The molecule has 14 nitrogen and oxygen atoms in total. The lowest BCUT2D eigenvalue weighted by Crippen LogP contribution is -2.46. The van der Waals surface area contributed by atoms with E-state index < -0.39 is 33.9 Å². The van der Waals surface area contributed by atoms with Crippen molar-refractivity contribution in [2.75, 3.05) is 39.4 Å². The van der Waals surface area contributed by atoms with Gasteiger partial charge in [-0.1, -0.05) is 23.9 Å². The van der Waals surface area contributed by atoms with E-state index >= 15 is 0 Å². The van der Waals surface area contributed by atoms with Gasteiger partial charge in [-0.05, 0) is 48.3 Å². The number of carbonyl (C=O) groups is 2. The van der Waals surface area contributed by atoms with E-state index in [1.807, 2.05) is 0 Å². The number of nitrogens with zero attached hydrogens (tertiary/aromatic N) is 4. The molecule has 2 aliphatic heterocycles. The summed E-state index contributed by atoms with van der Waals surface area (Å²) in [6, 6.07) is 8.50. The molecule has 2 fully saturated rings. The van der Waals surface area contributed by atoms with Crippen LogP contribution in [0.25, 0.3) is 12.2 Å². The van der Waals surface area contributed by atoms with Crippen LogP contribution in [0.5, 0.6) is 0 Å². The normalized spacial score (nSPS) is 22.2. The number of aliphatic hydroxyl groups excluding tert-OH is 4. The minimum atomic E-state index is -0.689. The van der Waals surface area contributed by atoms with Crippen LogP contribution in [0.4, 0.5) is 11.4 Å². The number of piperidine rings is 2. The van der Waals surface area contributed by atoms with Crippen LogP contribution in [0.3, 0.4) is 0 Å². The maximum Gasteiger partial charge on any atom is 0.283 e. The number of likely N-dealkylation sites (tertiary alicyclic amines) is 2. The van der Waals surface area contributed by atoms with Gasteiger partial charge in [-0.3, -0.25) is 29.8 Å². The highest BCUT2D eigenvalue weighted by Gasteiger charge is 2.30. The molecular formula is C30H34N4O10S. The van der Waals surface area contributed by atoms with Crippen molar-refractivity contribution >= 4 is 47.1 Å². The molecule has 2 heterocycles. The Hall–Kier alpha value is -4.15. The summed E-state index contributed by atoms with van der Waals surface area (Å²) in [6.07, 6.45) is 4.66. The molecular weight excluding hydrogens is 608 g/mol. The van der Waals surface area contributed by atoms with Crippen LogP contribution in [0, 0.1) is 32.1 Å². The van der Waals surface area contributed by atoms with Crippen molar-refractivity contribution < 1.29 is 39.9 Å². The van der Waals surface area contributed by atoms with E-state index in [1.165, 1.54) is 58.4 Å². The second-order valence-electron chi connectivity index (χ2n) is 10.9. The molecule has 0 aromatic heterocycles. The van der Waals surface area contributed by atoms with E-state index in [1.54, 1.807) is 12.1 Å². The number of nitro benzene ring substituents is 2. The van der Waals surface area contributed by atoms with Crippen molar-refractivity contribution in [3.05, 3.63) is 79.9 Å². The lowest BCUT2D eigenvalue weighted by atomic mass is 9.95. The molecule has 4 rings (SSSR count). The van der Waals surface area contributed by atoms with Crippen LogP contribution >= 0.6 is 11.8 Å². The molecule has 2 amide bonds. The Kier molecular flexibility index (Phi) is 11.4. The lowest BCUT2D eigenvalue weighted by Gasteiger charge is -2.34. The minimum Gasteiger partial charge on any atom is -0.396 e. The van der Waals surface area contributed by atoms with E-state index in [2.05, 4.69) is 0 Å². The highest BCUT2D eigenvalue weighted by atomic mass is 32.2. The molecule has 2 aromatic rings. The quantitative estimate of drug-likeness (QED) is 0.168. The Labute approximate surface area is 262 Å². The maximum absolute atomic E-state index is 12.6. The van der Waals surface area contributed by atoms with Gasteiger partial charge >= 0.3 is 0 Å². The van der Waals surface area contributed by atoms with Crippen LogP contribution in [0.15, 0.2) is 58.3 Å². The van der Waals surface area contributed by atoms with Gasteiger partial charge in [0.15, 0.2) is 0 Å². The van der Waals surface area contributed by atoms with Crippen molar-refractivity contribution in [2.24, 2.45) is 11.8 Å². The van der Waals surface area contributed by atoms with Crippen molar-refractivity contribution in [3.8, 4) is 0 Å². The molecule has 0 bridgehead atoms. The molecule has 0 radical (unpaired) electrons. The topological polar surface area (TPSA) is 208 Å². The van der Waals surface area contributed by atoms with Crippen molar-refractivity contribution in [3.63, 3.8) is 0 Å². The first kappa shape index (κ1) is 33.7.